The molecule has 2 heterocycles. The van der Waals surface area contributed by atoms with Gasteiger partial charge in [0.1, 0.15) is 5.70 Å². The topological polar surface area (TPSA) is 101 Å². The molecule has 3 rings (SSSR count). The van der Waals surface area contributed by atoms with Crippen LogP contribution in [-0.2, 0) is 9.59 Å². The fourth-order valence-electron chi connectivity index (χ4n) is 4.07. The minimum absolute atomic E-state index is 0.0177. The molecule has 3 aromatic rings. The number of carbonyl (C=O) groups is 2. The molecule has 2 N–H and O–H groups in total. The first-order chi connectivity index (χ1) is 16.6. The van der Waals surface area contributed by atoms with E-state index in [9.17, 15) is 19.5 Å². The minimum atomic E-state index is -1.06. The highest BCUT2D eigenvalue weighted by Crippen LogP contribution is 2.29. The number of carboxylic acid groups (broad SMARTS) is 1. The summed E-state index contributed by atoms with van der Waals surface area (Å²) in [6.45, 7) is 9.62. The molecule has 1 amide bonds. The van der Waals surface area contributed by atoms with Crippen molar-refractivity contribution in [2.24, 2.45) is 5.92 Å². The highest BCUT2D eigenvalue weighted by molar-refractivity contribution is 6.13. The van der Waals surface area contributed by atoms with Crippen LogP contribution in [0.15, 0.2) is 65.9 Å². The summed E-state index contributed by atoms with van der Waals surface area (Å²) in [6, 6.07) is 10.2. The molecule has 0 saturated heterocycles. The molecule has 0 aliphatic carbocycles. The van der Waals surface area contributed by atoms with Gasteiger partial charge >= 0.3 is 5.97 Å². The van der Waals surface area contributed by atoms with Crippen LogP contribution >= 0.6 is 0 Å². The lowest BCUT2D eigenvalue weighted by atomic mass is 9.94. The van der Waals surface area contributed by atoms with Gasteiger partial charge < -0.3 is 10.4 Å². The van der Waals surface area contributed by atoms with Crippen LogP contribution in [0.3, 0.4) is 0 Å². The molecule has 0 saturated carbocycles. The summed E-state index contributed by atoms with van der Waals surface area (Å²) in [5.41, 5.74) is 5.19. The van der Waals surface area contributed by atoms with Crippen molar-refractivity contribution < 1.29 is 14.7 Å². The lowest BCUT2D eigenvalue weighted by Crippen LogP contribution is -2.35. The van der Waals surface area contributed by atoms with Crippen molar-refractivity contribution in [2.75, 3.05) is 0 Å². The molecule has 0 aliphatic rings. The molecular weight excluding hydrogens is 442 g/mol. The van der Waals surface area contributed by atoms with E-state index in [1.807, 2.05) is 52.0 Å². The Balaban J connectivity index is 2.02. The van der Waals surface area contributed by atoms with Gasteiger partial charge in [-0.2, -0.15) is 0 Å². The third-order valence-corrected chi connectivity index (χ3v) is 5.67. The number of carbonyl (C=O) groups excluding carboxylic acids is 1. The van der Waals surface area contributed by atoms with Gasteiger partial charge in [-0.25, -0.2) is 0 Å². The van der Waals surface area contributed by atoms with E-state index in [0.29, 0.717) is 5.56 Å². The standard InChI is InChI=1S/C28H31N3O4/c1-17(2)11-24(31-10-9-18(3)12-25(31)32)28(35)30-23(14-26(33)34)21-13-22(16-29-15-21)27-19(4)7-6-8-20(27)5/h6-13,15-17,23H,14H2,1-5H3,(H,30,35)(H,33,34)/b24-11+. The summed E-state index contributed by atoms with van der Waals surface area (Å²) in [4.78, 5) is 42.0. The number of aliphatic carboxylic acids is 1. The molecule has 1 atom stereocenters. The first kappa shape index (κ1) is 25.6. The van der Waals surface area contributed by atoms with E-state index in [2.05, 4.69) is 10.3 Å². The van der Waals surface area contributed by atoms with E-state index in [0.717, 1.165) is 27.8 Å². The quantitative estimate of drug-likeness (QED) is 0.463. The Morgan fingerprint density at radius 3 is 2.37 bits per heavy atom. The molecule has 0 radical (unpaired) electrons. The van der Waals surface area contributed by atoms with Crippen LogP contribution in [0.2, 0.25) is 0 Å². The van der Waals surface area contributed by atoms with Gasteiger partial charge in [0.15, 0.2) is 0 Å². The normalized spacial score (nSPS) is 12.5. The van der Waals surface area contributed by atoms with Crippen LogP contribution in [0.25, 0.3) is 16.8 Å². The van der Waals surface area contributed by atoms with Crippen LogP contribution < -0.4 is 10.9 Å². The van der Waals surface area contributed by atoms with Crippen molar-refractivity contribution in [1.82, 2.24) is 14.9 Å². The maximum Gasteiger partial charge on any atom is 0.305 e. The average molecular weight is 474 g/mol. The van der Waals surface area contributed by atoms with Crippen LogP contribution in [0, 0.1) is 26.7 Å². The molecule has 2 aromatic heterocycles. The minimum Gasteiger partial charge on any atom is -0.481 e. The van der Waals surface area contributed by atoms with Gasteiger partial charge in [-0.3, -0.25) is 23.9 Å². The molecule has 7 nitrogen and oxygen atoms in total. The zero-order chi connectivity index (χ0) is 25.7. The highest BCUT2D eigenvalue weighted by Gasteiger charge is 2.23. The van der Waals surface area contributed by atoms with E-state index in [1.165, 1.54) is 10.6 Å². The molecular formula is C28H31N3O4. The fraction of sp³-hybridized carbons (Fsp3) is 0.286. The Kier molecular flexibility index (Phi) is 8.02. The highest BCUT2D eigenvalue weighted by atomic mass is 16.4. The smallest absolute Gasteiger partial charge is 0.305 e. The Bertz CT molecular complexity index is 1320. The van der Waals surface area contributed by atoms with Crippen molar-refractivity contribution >= 4 is 17.6 Å². The molecule has 7 heteroatoms. The molecule has 0 aliphatic heterocycles. The van der Waals surface area contributed by atoms with E-state index in [1.54, 1.807) is 37.7 Å². The first-order valence-corrected chi connectivity index (χ1v) is 11.5. The van der Waals surface area contributed by atoms with Crippen LogP contribution in [-0.4, -0.2) is 26.5 Å². The number of nitrogens with one attached hydrogen (secondary N) is 1. The first-order valence-electron chi connectivity index (χ1n) is 11.5. The Labute approximate surface area is 205 Å². The second-order valence-electron chi connectivity index (χ2n) is 9.11. The number of pyridine rings is 2. The Hall–Kier alpha value is -4.00. The number of rotatable bonds is 8. The van der Waals surface area contributed by atoms with Crippen molar-refractivity contribution in [2.45, 2.75) is 47.1 Å². The number of hydrogen-bond acceptors (Lipinski definition) is 4. The van der Waals surface area contributed by atoms with E-state index in [-0.39, 0.29) is 23.6 Å². The monoisotopic (exact) mass is 473 g/mol. The number of carboxylic acids is 1. The second kappa shape index (κ2) is 11.0. The van der Waals surface area contributed by atoms with Gasteiger partial charge in [0.05, 0.1) is 12.5 Å². The summed E-state index contributed by atoms with van der Waals surface area (Å²) in [5, 5.41) is 12.4. The van der Waals surface area contributed by atoms with Gasteiger partial charge in [0, 0.05) is 30.2 Å². The number of benzene rings is 1. The number of nitrogens with zero attached hydrogens (tertiary/aromatic N) is 2. The van der Waals surface area contributed by atoms with Crippen molar-refractivity contribution in [1.29, 1.82) is 0 Å². The van der Waals surface area contributed by atoms with Crippen LogP contribution in [0.5, 0.6) is 0 Å². The van der Waals surface area contributed by atoms with Gasteiger partial charge in [-0.15, -0.1) is 0 Å². The summed E-state index contributed by atoms with van der Waals surface area (Å²) < 4.78 is 1.28. The largest absolute Gasteiger partial charge is 0.481 e. The molecule has 0 bridgehead atoms. The molecule has 35 heavy (non-hydrogen) atoms. The van der Waals surface area contributed by atoms with Crippen molar-refractivity contribution in [3.8, 4) is 11.1 Å². The summed E-state index contributed by atoms with van der Waals surface area (Å²) in [7, 11) is 0. The molecule has 1 aromatic carbocycles. The summed E-state index contributed by atoms with van der Waals surface area (Å²) in [6.07, 6.45) is 6.21. The number of aromatic nitrogens is 2. The zero-order valence-electron chi connectivity index (χ0n) is 20.7. The molecule has 1 unspecified atom stereocenters. The summed E-state index contributed by atoms with van der Waals surface area (Å²) in [5.74, 6) is -1.61. The van der Waals surface area contributed by atoms with E-state index >= 15 is 0 Å². The van der Waals surface area contributed by atoms with Gasteiger partial charge in [-0.05, 0) is 66.6 Å². The average Bonchev–Trinajstić information content (AvgIpc) is 2.77. The fourth-order valence-corrected chi connectivity index (χ4v) is 4.07. The van der Waals surface area contributed by atoms with E-state index in [4.69, 9.17) is 0 Å². The lowest BCUT2D eigenvalue weighted by molar-refractivity contribution is -0.137. The van der Waals surface area contributed by atoms with E-state index < -0.39 is 17.9 Å². The van der Waals surface area contributed by atoms with Gasteiger partial charge in [0.25, 0.3) is 11.5 Å². The van der Waals surface area contributed by atoms with Crippen LogP contribution in [0.4, 0.5) is 0 Å². The Morgan fingerprint density at radius 1 is 1.09 bits per heavy atom. The van der Waals surface area contributed by atoms with Crippen molar-refractivity contribution in [3.63, 3.8) is 0 Å². The predicted molar refractivity (Wildman–Crippen MR) is 137 cm³/mol. The molecule has 0 spiro atoms. The SMILES string of the molecule is Cc1ccn(/C(=C/C(C)C)C(=O)NC(CC(=O)O)c2cncc(-c3c(C)cccc3C)c2)c(=O)c1. The third kappa shape index (κ3) is 6.32. The predicted octanol–water partition coefficient (Wildman–Crippen LogP) is 4.66. The molecule has 182 valence electrons. The van der Waals surface area contributed by atoms with Crippen LogP contribution in [0.1, 0.15) is 48.6 Å². The lowest BCUT2D eigenvalue weighted by Gasteiger charge is -2.20. The molecule has 0 fully saturated rings. The maximum atomic E-state index is 13.4. The van der Waals surface area contributed by atoms with Gasteiger partial charge in [0.2, 0.25) is 0 Å². The number of aryl methyl sites for hydroxylation is 3. The van der Waals surface area contributed by atoms with Crippen molar-refractivity contribution in [3.05, 3.63) is 93.7 Å². The third-order valence-electron chi connectivity index (χ3n) is 5.67. The van der Waals surface area contributed by atoms with Gasteiger partial charge in [-0.1, -0.05) is 38.1 Å². The zero-order valence-corrected chi connectivity index (χ0v) is 20.7. The number of hydrogen-bond donors (Lipinski definition) is 2. The second-order valence-corrected chi connectivity index (χ2v) is 9.11. The Morgan fingerprint density at radius 2 is 1.77 bits per heavy atom. The maximum absolute atomic E-state index is 13.4. The number of allylic oxidation sites excluding steroid dienone is 1. The number of amides is 1. The summed E-state index contributed by atoms with van der Waals surface area (Å²) >= 11 is 0.